The molecule has 0 aromatic heterocycles. The van der Waals surface area contributed by atoms with Gasteiger partial charge in [-0.2, -0.15) is 0 Å². The van der Waals surface area contributed by atoms with Gasteiger partial charge in [0.1, 0.15) is 6.29 Å². The molecule has 0 aliphatic rings. The molecule has 0 heterocycles. The van der Waals surface area contributed by atoms with Gasteiger partial charge in [0, 0.05) is 12.5 Å². The Hall–Kier alpha value is -1.64. The summed E-state index contributed by atoms with van der Waals surface area (Å²) >= 11 is 0. The highest BCUT2D eigenvalue weighted by Gasteiger charge is 1.80. The standard InChI is InChI=1S/C7H6O.C3H6O2.C2H6/c8-6-7-4-2-1-3-5-7;1-3(4)5-2;1-2/h1-6H;1-2H3;1-2H3. The van der Waals surface area contributed by atoms with Crippen LogP contribution in [0.2, 0.25) is 0 Å². The molecule has 0 radical (unpaired) electrons. The van der Waals surface area contributed by atoms with E-state index in [0.717, 1.165) is 11.8 Å². The average Bonchev–Trinajstić information content (AvgIpc) is 2.33. The zero-order chi connectivity index (χ0) is 12.1. The van der Waals surface area contributed by atoms with E-state index in [2.05, 4.69) is 4.74 Å². The first-order valence-corrected chi connectivity index (χ1v) is 4.75. The van der Waals surface area contributed by atoms with Crippen molar-refractivity contribution in [2.24, 2.45) is 0 Å². The maximum absolute atomic E-state index is 10.0. The van der Waals surface area contributed by atoms with E-state index in [1.165, 1.54) is 14.0 Å². The van der Waals surface area contributed by atoms with Crippen molar-refractivity contribution in [3.05, 3.63) is 35.9 Å². The summed E-state index contributed by atoms with van der Waals surface area (Å²) in [7, 11) is 1.35. The van der Waals surface area contributed by atoms with Gasteiger partial charge in [-0.05, 0) is 0 Å². The highest BCUT2D eigenvalue weighted by Crippen LogP contribution is 1.91. The maximum Gasteiger partial charge on any atom is 0.302 e. The monoisotopic (exact) mass is 210 g/mol. The van der Waals surface area contributed by atoms with Crippen LogP contribution in [-0.4, -0.2) is 19.4 Å². The van der Waals surface area contributed by atoms with E-state index in [9.17, 15) is 9.59 Å². The van der Waals surface area contributed by atoms with E-state index >= 15 is 0 Å². The van der Waals surface area contributed by atoms with Crippen molar-refractivity contribution < 1.29 is 14.3 Å². The molecule has 0 aliphatic heterocycles. The van der Waals surface area contributed by atoms with Crippen molar-refractivity contribution in [1.82, 2.24) is 0 Å². The summed E-state index contributed by atoms with van der Waals surface area (Å²) in [6.07, 6.45) is 0.833. The van der Waals surface area contributed by atoms with Gasteiger partial charge in [0.2, 0.25) is 0 Å². The van der Waals surface area contributed by atoms with Crippen LogP contribution >= 0.6 is 0 Å². The molecule has 0 unspecified atom stereocenters. The number of ether oxygens (including phenoxy) is 1. The largest absolute Gasteiger partial charge is 0.469 e. The van der Waals surface area contributed by atoms with Crippen molar-refractivity contribution in [2.75, 3.05) is 7.11 Å². The second-order valence-electron chi connectivity index (χ2n) is 2.22. The normalized spacial score (nSPS) is 7.20. The third-order valence-electron chi connectivity index (χ3n) is 1.22. The van der Waals surface area contributed by atoms with Crippen LogP contribution in [0.15, 0.2) is 30.3 Å². The molecule has 0 saturated heterocycles. The molecular formula is C12H18O3. The molecule has 1 rings (SSSR count). The molecule has 84 valence electrons. The Kier molecular flexibility index (Phi) is 13.0. The predicted octanol–water partition coefficient (Wildman–Crippen LogP) is 2.70. The molecule has 0 atom stereocenters. The minimum Gasteiger partial charge on any atom is -0.469 e. The van der Waals surface area contributed by atoms with Gasteiger partial charge < -0.3 is 4.74 Å². The molecule has 1 aromatic rings. The van der Waals surface area contributed by atoms with Gasteiger partial charge in [0.05, 0.1) is 7.11 Å². The van der Waals surface area contributed by atoms with Crippen molar-refractivity contribution in [3.63, 3.8) is 0 Å². The number of benzene rings is 1. The Morgan fingerprint density at radius 2 is 1.60 bits per heavy atom. The smallest absolute Gasteiger partial charge is 0.302 e. The van der Waals surface area contributed by atoms with Crippen LogP contribution in [0.25, 0.3) is 0 Å². The second kappa shape index (κ2) is 12.4. The van der Waals surface area contributed by atoms with Gasteiger partial charge in [-0.1, -0.05) is 44.2 Å². The summed E-state index contributed by atoms with van der Waals surface area (Å²) in [5.41, 5.74) is 0.729. The third kappa shape index (κ3) is 12.4. The van der Waals surface area contributed by atoms with E-state index < -0.39 is 0 Å². The summed E-state index contributed by atoms with van der Waals surface area (Å²) < 4.78 is 4.11. The number of carbonyl (C=O) groups is 2. The van der Waals surface area contributed by atoms with E-state index in [0.29, 0.717) is 0 Å². The Morgan fingerprint density at radius 1 is 1.20 bits per heavy atom. The predicted molar refractivity (Wildman–Crippen MR) is 60.9 cm³/mol. The fraction of sp³-hybridized carbons (Fsp3) is 0.333. The first kappa shape index (κ1) is 15.8. The Labute approximate surface area is 91.1 Å². The molecule has 0 bridgehead atoms. The van der Waals surface area contributed by atoms with E-state index in [1.807, 2.05) is 32.0 Å². The van der Waals surface area contributed by atoms with Crippen molar-refractivity contribution in [2.45, 2.75) is 20.8 Å². The highest BCUT2D eigenvalue weighted by atomic mass is 16.5. The lowest BCUT2D eigenvalue weighted by molar-refractivity contribution is -0.137. The molecule has 1 aromatic carbocycles. The lowest BCUT2D eigenvalue weighted by Crippen LogP contribution is -1.88. The van der Waals surface area contributed by atoms with E-state index in [4.69, 9.17) is 0 Å². The minimum absolute atomic E-state index is 0.245. The first-order valence-electron chi connectivity index (χ1n) is 4.75. The summed E-state index contributed by atoms with van der Waals surface area (Å²) in [4.78, 5) is 19.6. The van der Waals surface area contributed by atoms with Crippen molar-refractivity contribution in [1.29, 1.82) is 0 Å². The number of hydrogen-bond acceptors (Lipinski definition) is 3. The zero-order valence-electron chi connectivity index (χ0n) is 9.69. The van der Waals surface area contributed by atoms with Crippen LogP contribution in [0.1, 0.15) is 31.1 Å². The number of aldehydes is 1. The van der Waals surface area contributed by atoms with Crippen LogP contribution in [0.3, 0.4) is 0 Å². The third-order valence-corrected chi connectivity index (χ3v) is 1.22. The number of hydrogen-bond donors (Lipinski definition) is 0. The number of rotatable bonds is 1. The molecule has 0 N–H and O–H groups in total. The number of esters is 1. The Balaban J connectivity index is 0. The van der Waals surface area contributed by atoms with Crippen LogP contribution in [-0.2, 0) is 9.53 Å². The molecule has 0 aliphatic carbocycles. The van der Waals surface area contributed by atoms with Gasteiger partial charge >= 0.3 is 5.97 Å². The Morgan fingerprint density at radius 3 is 1.80 bits per heavy atom. The summed E-state index contributed by atoms with van der Waals surface area (Å²) in [6, 6.07) is 9.10. The average molecular weight is 210 g/mol. The first-order chi connectivity index (χ1) is 7.20. The van der Waals surface area contributed by atoms with Gasteiger partial charge in [-0.15, -0.1) is 0 Å². The number of carbonyl (C=O) groups excluding carboxylic acids is 2. The van der Waals surface area contributed by atoms with Crippen LogP contribution < -0.4 is 0 Å². The van der Waals surface area contributed by atoms with Crippen molar-refractivity contribution in [3.8, 4) is 0 Å². The van der Waals surface area contributed by atoms with Crippen LogP contribution in [0, 0.1) is 0 Å². The lowest BCUT2D eigenvalue weighted by Gasteiger charge is -1.81. The van der Waals surface area contributed by atoms with E-state index in [-0.39, 0.29) is 5.97 Å². The van der Waals surface area contributed by atoms with Gasteiger partial charge in [0.15, 0.2) is 0 Å². The topological polar surface area (TPSA) is 43.4 Å². The van der Waals surface area contributed by atoms with Gasteiger partial charge in [-0.25, -0.2) is 0 Å². The SMILES string of the molecule is CC.COC(C)=O.O=Cc1ccccc1. The molecule has 3 nitrogen and oxygen atoms in total. The molecular weight excluding hydrogens is 192 g/mol. The van der Waals surface area contributed by atoms with Crippen molar-refractivity contribution >= 4 is 12.3 Å². The molecule has 0 fully saturated rings. The maximum atomic E-state index is 10.0. The second-order valence-corrected chi connectivity index (χ2v) is 2.22. The van der Waals surface area contributed by atoms with Gasteiger partial charge in [-0.3, -0.25) is 9.59 Å². The van der Waals surface area contributed by atoms with Crippen LogP contribution in [0.5, 0.6) is 0 Å². The lowest BCUT2D eigenvalue weighted by atomic mass is 10.2. The van der Waals surface area contributed by atoms with Crippen LogP contribution in [0.4, 0.5) is 0 Å². The molecule has 15 heavy (non-hydrogen) atoms. The zero-order valence-corrected chi connectivity index (χ0v) is 9.69. The Bertz CT molecular complexity index is 255. The summed E-state index contributed by atoms with van der Waals surface area (Å²) in [6.45, 7) is 5.36. The minimum atomic E-state index is -0.245. The fourth-order valence-electron chi connectivity index (χ4n) is 0.532. The van der Waals surface area contributed by atoms with Gasteiger partial charge in [0.25, 0.3) is 0 Å². The quantitative estimate of drug-likeness (QED) is 0.528. The summed E-state index contributed by atoms with van der Waals surface area (Å²) in [5.74, 6) is -0.245. The highest BCUT2D eigenvalue weighted by molar-refractivity contribution is 5.74. The summed E-state index contributed by atoms with van der Waals surface area (Å²) in [5, 5.41) is 0. The molecule has 3 heteroatoms. The molecule has 0 saturated carbocycles. The molecule has 0 amide bonds. The fourth-order valence-corrected chi connectivity index (χ4v) is 0.532. The number of methoxy groups -OCH3 is 1. The molecule has 0 spiro atoms. The van der Waals surface area contributed by atoms with E-state index in [1.54, 1.807) is 12.1 Å².